The van der Waals surface area contributed by atoms with Gasteiger partial charge in [-0.1, -0.05) is 222 Å². The van der Waals surface area contributed by atoms with Crippen LogP contribution < -0.4 is 11.5 Å². The molecule has 6 N–H and O–H groups in total. The van der Waals surface area contributed by atoms with E-state index < -0.39 is 162 Å². The van der Waals surface area contributed by atoms with Crippen molar-refractivity contribution in [2.75, 3.05) is 11.5 Å². The highest BCUT2D eigenvalue weighted by Gasteiger charge is 2.74. The maximum absolute atomic E-state index is 15.1. The highest BCUT2D eigenvalue weighted by Crippen LogP contribution is 2.61. The van der Waals surface area contributed by atoms with Crippen molar-refractivity contribution in [3.05, 3.63) is 389 Å². The van der Waals surface area contributed by atoms with E-state index in [1.165, 1.54) is 33.4 Å². The minimum Gasteiger partial charge on any atom is -0.478 e. The molecule has 12 aromatic carbocycles. The summed E-state index contributed by atoms with van der Waals surface area (Å²) >= 11 is 0. The van der Waals surface area contributed by atoms with Crippen molar-refractivity contribution in [2.45, 2.75) is 87.9 Å². The summed E-state index contributed by atoms with van der Waals surface area (Å²) in [6, 6.07) is 70.0. The van der Waals surface area contributed by atoms with Gasteiger partial charge in [0.25, 0.3) is 0 Å². The number of hydrogen-bond donors (Lipinski definition) is 4. The summed E-state index contributed by atoms with van der Waals surface area (Å²) in [6.45, 7) is 2.84. The number of aryl methyl sites for hydroxylation is 1. The number of hydrogen-bond acceptors (Lipinski definition) is 12. The fourth-order valence-corrected chi connectivity index (χ4v) is 16.7. The zero-order chi connectivity index (χ0) is 84.7. The maximum Gasteiger partial charge on any atom is 0.411 e. The number of alkyl halides is 12. The molecular formula is C94H68F12N2O12. The number of aromatic carboxylic acids is 2. The highest BCUT2D eigenvalue weighted by molar-refractivity contribution is 6.16. The molecule has 120 heavy (non-hydrogen) atoms. The third-order valence-corrected chi connectivity index (χ3v) is 22.0. The first-order valence-corrected chi connectivity index (χ1v) is 36.1. The predicted molar refractivity (Wildman–Crippen MR) is 422 cm³/mol. The Balaban J connectivity index is 0.000000183. The number of carboxylic acid groups (broad SMARTS) is 2. The summed E-state index contributed by atoms with van der Waals surface area (Å²) in [5.74, 6) is -11.0. The number of ether oxygens (including phenoxy) is 2. The number of anilines is 2. The normalized spacial score (nSPS) is 13.9. The second-order valence-corrected chi connectivity index (χ2v) is 28.3. The van der Waals surface area contributed by atoms with Crippen LogP contribution in [0.3, 0.4) is 0 Å². The third kappa shape index (κ3) is 13.7. The lowest BCUT2D eigenvalue weighted by atomic mass is 9.67. The maximum atomic E-state index is 15.1. The largest absolute Gasteiger partial charge is 0.478 e. The number of carbonyl (C=O) groups is 8. The van der Waals surface area contributed by atoms with Crippen LogP contribution in [0.1, 0.15) is 189 Å². The van der Waals surface area contributed by atoms with E-state index in [0.29, 0.717) is 48.0 Å². The first-order chi connectivity index (χ1) is 55.9. The van der Waals surface area contributed by atoms with Crippen LogP contribution in [-0.2, 0) is 44.0 Å². The number of esters is 4. The van der Waals surface area contributed by atoms with Crippen molar-refractivity contribution in [1.29, 1.82) is 0 Å². The molecule has 14 nitrogen and oxygen atoms in total. The van der Waals surface area contributed by atoms with Crippen LogP contribution in [0.4, 0.5) is 64.1 Å². The first kappa shape index (κ1) is 85.3. The summed E-state index contributed by atoms with van der Waals surface area (Å²) in [7, 11) is 0. The van der Waals surface area contributed by atoms with Gasteiger partial charge in [0.1, 0.15) is 0 Å². The molecule has 26 heteroatoms. The molecule has 0 saturated carbocycles. The minimum absolute atomic E-state index is 0. The van der Waals surface area contributed by atoms with Crippen LogP contribution in [0.25, 0.3) is 22.3 Å². The number of Topliss-reactive ketones (excluding diaryl/α,β-unsaturated/α-hetero) is 2. The Morgan fingerprint density at radius 2 is 0.617 bits per heavy atom. The highest BCUT2D eigenvalue weighted by atomic mass is 19.4. The Morgan fingerprint density at radius 3 is 0.933 bits per heavy atom. The van der Waals surface area contributed by atoms with Crippen LogP contribution in [-0.4, -0.2) is 82.3 Å². The van der Waals surface area contributed by atoms with E-state index in [1.54, 1.807) is 12.1 Å². The van der Waals surface area contributed by atoms with Gasteiger partial charge in [0.2, 0.25) is 10.8 Å². The van der Waals surface area contributed by atoms with E-state index in [-0.39, 0.29) is 50.6 Å². The Bertz CT molecular complexity index is 5900. The van der Waals surface area contributed by atoms with Gasteiger partial charge in [-0.05, 0) is 180 Å². The van der Waals surface area contributed by atoms with Crippen molar-refractivity contribution in [1.82, 2.24) is 0 Å². The van der Waals surface area contributed by atoms with Gasteiger partial charge < -0.3 is 31.2 Å². The number of carboxylic acids is 2. The van der Waals surface area contributed by atoms with Crippen molar-refractivity contribution < 1.29 is 111 Å². The van der Waals surface area contributed by atoms with Crippen molar-refractivity contribution in [3.63, 3.8) is 0 Å². The monoisotopic (exact) mass is 1640 g/mol. The molecule has 610 valence electrons. The van der Waals surface area contributed by atoms with Gasteiger partial charge >= 0.3 is 60.5 Å². The van der Waals surface area contributed by atoms with Crippen molar-refractivity contribution in [2.24, 2.45) is 0 Å². The summed E-state index contributed by atoms with van der Waals surface area (Å²) < 4.78 is 184. The third-order valence-electron chi connectivity index (χ3n) is 22.0. The molecule has 0 atom stereocenters. The van der Waals surface area contributed by atoms with Crippen LogP contribution in [0.2, 0.25) is 0 Å². The molecule has 0 saturated heterocycles. The molecule has 0 spiro atoms. The van der Waals surface area contributed by atoms with Crippen molar-refractivity contribution in [3.8, 4) is 22.3 Å². The van der Waals surface area contributed by atoms with Crippen LogP contribution >= 0.6 is 0 Å². The second kappa shape index (κ2) is 31.4. The number of halogens is 12. The number of nitrogen functional groups attached to an aromatic ring is 2. The first-order valence-electron chi connectivity index (χ1n) is 36.1. The van der Waals surface area contributed by atoms with Gasteiger partial charge in [0.05, 0.1) is 44.2 Å². The number of carbonyl (C=O) groups excluding carboxylic acids is 6. The van der Waals surface area contributed by atoms with Gasteiger partial charge in [0, 0.05) is 28.9 Å². The smallest absolute Gasteiger partial charge is 0.411 e. The molecule has 2 aliphatic carbocycles. The fourth-order valence-electron chi connectivity index (χ4n) is 16.7. The Morgan fingerprint density at radius 1 is 0.333 bits per heavy atom. The molecule has 2 heterocycles. The molecule has 0 amide bonds. The fraction of sp³-hybridized carbons (Fsp3) is 0.149. The molecular weight excluding hydrogens is 1580 g/mol. The van der Waals surface area contributed by atoms with E-state index in [2.05, 4.69) is 138 Å². The summed E-state index contributed by atoms with van der Waals surface area (Å²) in [6.07, 6.45) is -24.1. The van der Waals surface area contributed by atoms with Crippen LogP contribution in [0.15, 0.2) is 267 Å². The number of rotatable bonds is 15. The van der Waals surface area contributed by atoms with Gasteiger partial charge in [-0.15, -0.1) is 0 Å². The lowest BCUT2D eigenvalue weighted by Gasteiger charge is -2.38. The van der Waals surface area contributed by atoms with E-state index in [9.17, 15) is 74.9 Å². The summed E-state index contributed by atoms with van der Waals surface area (Å²) in [5.41, 5.74) is 5.82. The molecule has 16 rings (SSSR count). The quantitative estimate of drug-likeness (QED) is 0.0245. The molecule has 2 aliphatic heterocycles. The average Bonchev–Trinajstić information content (AvgIpc) is 0.956. The standard InChI is InChI=1S/C48H34F6O6.C25H20N2.C19H6F6O6.2CH4/c1-3-28-12-16-30(17-13-28)45(40-10-6-4-8-34(40)35-9-5-7-11-41(35)45)31-18-14-29(15-19-31)24-42(56)36-22-20-33(26-39(36)44(59)60)46(47(49,50)51,48(52,53)54)32-21-23-37(43(57)58)38(25-32)27(2)55;26-19-13-9-17(10-14-19)25(18-11-15-20(27)16-12-18)23-7-3-1-5-21(23)22-6-2-4-8-24(22)25;20-18(21,22)17(19(23,24)25,7-1-3-9-11(5-7)15(28)30-13(9)26)8-2-4-10-12(6-8)16(29)31-14(10)27;;/h4-23,25-26H,3,24H2,1-2H3,(H,57,58)(H,59,60);1-16H,26-27H2;1-6H;2*1H4. The Hall–Kier alpha value is -14.0. The van der Waals surface area contributed by atoms with Crippen molar-refractivity contribution >= 4 is 58.8 Å². The van der Waals surface area contributed by atoms with E-state index in [4.69, 9.17) is 11.5 Å². The summed E-state index contributed by atoms with van der Waals surface area (Å²) in [4.78, 5) is 96.7. The lowest BCUT2D eigenvalue weighted by molar-refractivity contribution is -0.290. The second-order valence-electron chi connectivity index (χ2n) is 28.3. The van der Waals surface area contributed by atoms with Gasteiger partial charge in [-0.3, -0.25) is 9.59 Å². The number of ketones is 2. The number of benzene rings is 12. The molecule has 0 unspecified atom stereocenters. The van der Waals surface area contributed by atoms with E-state index >= 15 is 26.3 Å². The molecule has 0 aromatic heterocycles. The Kier molecular flexibility index (Phi) is 22.4. The lowest BCUT2D eigenvalue weighted by Crippen LogP contribution is -2.55. The number of fused-ring (bicyclic) bond motifs is 8. The molecule has 4 aliphatic rings. The molecule has 0 fully saturated rings. The summed E-state index contributed by atoms with van der Waals surface area (Å²) in [5, 5.41) is 19.6. The zero-order valence-electron chi connectivity index (χ0n) is 61.5. The van der Waals surface area contributed by atoms with E-state index in [0.717, 1.165) is 63.7 Å². The molecule has 0 radical (unpaired) electrons. The van der Waals surface area contributed by atoms with Crippen LogP contribution in [0.5, 0.6) is 0 Å². The average molecular weight is 1650 g/mol. The minimum atomic E-state index is -6.21. The number of cyclic esters (lactones) is 4. The molecule has 0 bridgehead atoms. The van der Waals surface area contributed by atoms with E-state index in [1.807, 2.05) is 60.7 Å². The van der Waals surface area contributed by atoms with Gasteiger partial charge in [-0.2, -0.15) is 52.7 Å². The SMILES string of the molecule is C.C.CCc1ccc(C2(c3ccc(CC(=O)c4ccc(C(c5ccc(C(=O)O)c(C(C)=O)c5)(C(F)(F)F)C(F)(F)F)cc4C(=O)O)cc3)c3ccccc3-c3ccccc32)cc1.Nc1ccc(C2(c3ccc(N)cc3)c3ccccc3-c3ccccc32)cc1.O=C1OC(=O)c2cc(C(c3ccc4c(c3)C(=O)OC4=O)(C(F)(F)F)C(F)(F)F)ccc21. The zero-order valence-corrected chi connectivity index (χ0v) is 61.5. The van der Waals surface area contributed by atoms with Crippen LogP contribution in [0, 0.1) is 0 Å². The van der Waals surface area contributed by atoms with Gasteiger partial charge in [-0.25, -0.2) is 28.8 Å². The topological polar surface area (TPSA) is 248 Å². The molecule has 12 aromatic rings. The Labute approximate surface area is 677 Å². The number of nitrogens with two attached hydrogens (primary N) is 2. The van der Waals surface area contributed by atoms with Gasteiger partial charge in [0.15, 0.2) is 11.6 Å². The predicted octanol–water partition coefficient (Wildman–Crippen LogP) is 21.3.